The van der Waals surface area contributed by atoms with E-state index in [4.69, 9.17) is 42.5 Å². The number of halogens is 16. The van der Waals surface area contributed by atoms with Crippen LogP contribution < -0.4 is 14.2 Å². The first-order valence-corrected chi connectivity index (χ1v) is 16.8. The number of phenolic OH excluding ortho intramolecular Hbond substituents is 1. The van der Waals surface area contributed by atoms with E-state index in [1.54, 1.807) is 6.92 Å². The first-order valence-electron chi connectivity index (χ1n) is 16.0. The highest BCUT2D eigenvalue weighted by Crippen LogP contribution is 2.40. The Morgan fingerprint density at radius 2 is 0.787 bits per heavy atom. The van der Waals surface area contributed by atoms with E-state index in [0.29, 0.717) is 42.1 Å². The highest BCUT2D eigenvalue weighted by Gasteiger charge is 2.36. The standard InChI is InChI=1S/C18H8ClF7N2O2.C12H8F4N2O.C7H4ClF3O/c19-13-3-1-9(5-11(13)17(21,22)23)29-15-7-16(28-8-27-15)30-10-2-4-14(20)12(6-10)18(24,25)26;1-7-4-11(18-6-17-7)19-8-2-3-10(13)9(5-8)12(14,15)16;8-6-2-1-4(12)3-5(6)7(9,10)11/h1-8H;2-6H,1H3;1-3,12H. The third kappa shape index (κ3) is 14.0. The van der Waals surface area contributed by atoms with Crippen LogP contribution in [0.4, 0.5) is 61.5 Å². The Balaban J connectivity index is 0.000000224. The van der Waals surface area contributed by atoms with Crippen LogP contribution in [0.1, 0.15) is 27.9 Å². The fraction of sp³-hybridized carbons (Fsp3) is 0.135. The molecule has 61 heavy (non-hydrogen) atoms. The molecule has 0 saturated carbocycles. The molecule has 6 rings (SSSR count). The summed E-state index contributed by atoms with van der Waals surface area (Å²) in [6, 6.07) is 12.3. The molecule has 0 aliphatic heterocycles. The van der Waals surface area contributed by atoms with E-state index < -0.39 is 74.4 Å². The molecule has 24 heteroatoms. The van der Waals surface area contributed by atoms with Crippen LogP contribution in [0.2, 0.25) is 10.0 Å². The maximum atomic E-state index is 13.3. The molecule has 2 aromatic heterocycles. The lowest BCUT2D eigenvalue weighted by Crippen LogP contribution is -2.08. The fourth-order valence-electron chi connectivity index (χ4n) is 4.37. The van der Waals surface area contributed by atoms with Crippen LogP contribution in [0.15, 0.2) is 97.6 Å². The molecule has 0 aliphatic rings. The average molecular weight is 921 g/mol. The van der Waals surface area contributed by atoms with E-state index >= 15 is 0 Å². The lowest BCUT2D eigenvalue weighted by molar-refractivity contribution is -0.140. The summed E-state index contributed by atoms with van der Waals surface area (Å²) in [4.78, 5) is 14.9. The minimum Gasteiger partial charge on any atom is -0.508 e. The monoisotopic (exact) mass is 920 g/mol. The SMILES string of the molecule is Cc1cc(Oc2ccc(F)c(C(F)(F)F)c2)ncn1.Fc1ccc(Oc2cc(Oc3ccc(Cl)c(C(F)(F)F)c3)ncn2)cc1C(F)(F)F.Oc1ccc(Cl)c(C(F)(F)F)c1. The maximum Gasteiger partial charge on any atom is 0.419 e. The van der Waals surface area contributed by atoms with Gasteiger partial charge in [0.15, 0.2) is 0 Å². The number of phenols is 1. The topological polar surface area (TPSA) is 99.5 Å². The summed E-state index contributed by atoms with van der Waals surface area (Å²) >= 11 is 10.8. The van der Waals surface area contributed by atoms with E-state index in [2.05, 4.69) is 19.9 Å². The number of alkyl halides is 12. The van der Waals surface area contributed by atoms with Gasteiger partial charge < -0.3 is 19.3 Å². The number of hydrogen-bond donors (Lipinski definition) is 1. The zero-order valence-electron chi connectivity index (χ0n) is 29.7. The molecule has 0 saturated heterocycles. The van der Waals surface area contributed by atoms with Gasteiger partial charge in [0, 0.05) is 11.8 Å². The van der Waals surface area contributed by atoms with Gasteiger partial charge in [0.1, 0.15) is 47.3 Å². The molecule has 4 aromatic carbocycles. The average Bonchev–Trinajstić information content (AvgIpc) is 3.14. The Kier molecular flexibility index (Phi) is 14.8. The second kappa shape index (κ2) is 19.0. The minimum atomic E-state index is -4.94. The van der Waals surface area contributed by atoms with Gasteiger partial charge in [0.2, 0.25) is 17.6 Å². The fourth-order valence-corrected chi connectivity index (χ4v) is 4.82. The summed E-state index contributed by atoms with van der Waals surface area (Å²) in [6.45, 7) is 1.68. The Bertz CT molecular complexity index is 2390. The van der Waals surface area contributed by atoms with Crippen molar-refractivity contribution in [3.63, 3.8) is 0 Å². The third-order valence-electron chi connectivity index (χ3n) is 7.05. The summed E-state index contributed by atoms with van der Waals surface area (Å²) in [5.41, 5.74) is -4.47. The molecule has 1 N–H and O–H groups in total. The van der Waals surface area contributed by atoms with Gasteiger partial charge in [-0.3, -0.25) is 0 Å². The zero-order chi connectivity index (χ0) is 45.5. The zero-order valence-corrected chi connectivity index (χ0v) is 31.3. The maximum absolute atomic E-state index is 13.3. The molecule has 0 amide bonds. The van der Waals surface area contributed by atoms with Gasteiger partial charge in [-0.05, 0) is 79.7 Å². The molecular weight excluding hydrogens is 901 g/mol. The van der Waals surface area contributed by atoms with Crippen LogP contribution in [0, 0.1) is 18.6 Å². The van der Waals surface area contributed by atoms with Crippen molar-refractivity contribution in [3.05, 3.63) is 147 Å². The number of ether oxygens (including phenoxy) is 3. The number of aryl methyl sites for hydroxylation is 1. The van der Waals surface area contributed by atoms with Crippen LogP contribution in [-0.4, -0.2) is 25.0 Å². The molecule has 8 nitrogen and oxygen atoms in total. The van der Waals surface area contributed by atoms with Crippen LogP contribution >= 0.6 is 23.2 Å². The predicted molar refractivity (Wildman–Crippen MR) is 186 cm³/mol. The van der Waals surface area contributed by atoms with Gasteiger partial charge in [-0.15, -0.1) is 0 Å². The van der Waals surface area contributed by atoms with Crippen LogP contribution in [0.5, 0.6) is 40.6 Å². The molecular formula is C37H20Cl2F14N4O4. The summed E-state index contributed by atoms with van der Waals surface area (Å²) in [5.74, 6) is -4.51. The number of aromatic nitrogens is 4. The van der Waals surface area contributed by atoms with Crippen molar-refractivity contribution in [2.75, 3.05) is 0 Å². The number of nitrogens with zero attached hydrogens (tertiary/aromatic N) is 4. The lowest BCUT2D eigenvalue weighted by Gasteiger charge is -2.12. The van der Waals surface area contributed by atoms with E-state index in [1.807, 2.05) is 0 Å². The van der Waals surface area contributed by atoms with E-state index in [0.717, 1.165) is 48.8 Å². The van der Waals surface area contributed by atoms with Crippen LogP contribution in [0.25, 0.3) is 0 Å². The summed E-state index contributed by atoms with van der Waals surface area (Å²) in [6.07, 6.45) is -16.8. The van der Waals surface area contributed by atoms with E-state index in [9.17, 15) is 61.5 Å². The van der Waals surface area contributed by atoms with Gasteiger partial charge >= 0.3 is 24.7 Å². The van der Waals surface area contributed by atoms with Crippen LogP contribution in [0.3, 0.4) is 0 Å². The Hall–Kier alpha value is -6.16. The highest BCUT2D eigenvalue weighted by molar-refractivity contribution is 6.31. The van der Waals surface area contributed by atoms with Crippen molar-refractivity contribution in [2.45, 2.75) is 31.6 Å². The van der Waals surface area contributed by atoms with Crippen molar-refractivity contribution in [2.24, 2.45) is 0 Å². The molecule has 324 valence electrons. The van der Waals surface area contributed by atoms with Gasteiger partial charge in [0.05, 0.1) is 38.4 Å². The number of hydrogen-bond acceptors (Lipinski definition) is 8. The smallest absolute Gasteiger partial charge is 0.419 e. The normalized spacial score (nSPS) is 11.8. The van der Waals surface area contributed by atoms with Gasteiger partial charge in [-0.1, -0.05) is 23.2 Å². The number of aromatic hydroxyl groups is 1. The molecule has 0 fully saturated rings. The Labute approximate surface area is 342 Å². The molecule has 0 radical (unpaired) electrons. The lowest BCUT2D eigenvalue weighted by atomic mass is 10.2. The van der Waals surface area contributed by atoms with Crippen molar-refractivity contribution in [3.8, 4) is 40.6 Å². The molecule has 0 aliphatic carbocycles. The molecule has 6 aromatic rings. The summed E-state index contributed by atoms with van der Waals surface area (Å²) in [5, 5.41) is 7.80. The second-order valence-electron chi connectivity index (χ2n) is 11.6. The Morgan fingerprint density at radius 1 is 0.443 bits per heavy atom. The van der Waals surface area contributed by atoms with Crippen molar-refractivity contribution in [1.82, 2.24) is 19.9 Å². The molecule has 0 spiro atoms. The van der Waals surface area contributed by atoms with E-state index in [1.165, 1.54) is 12.4 Å². The van der Waals surface area contributed by atoms with Gasteiger partial charge in [-0.2, -0.15) is 52.7 Å². The minimum absolute atomic E-state index is 0.0900. The highest BCUT2D eigenvalue weighted by atomic mass is 35.5. The van der Waals surface area contributed by atoms with Gasteiger partial charge in [0.25, 0.3) is 0 Å². The van der Waals surface area contributed by atoms with Crippen molar-refractivity contribution < 1.29 is 80.8 Å². The summed E-state index contributed by atoms with van der Waals surface area (Å²) < 4.78 is 193. The summed E-state index contributed by atoms with van der Waals surface area (Å²) in [7, 11) is 0. The van der Waals surface area contributed by atoms with Crippen LogP contribution in [-0.2, 0) is 24.7 Å². The first kappa shape index (κ1) is 47.5. The quantitative estimate of drug-likeness (QED) is 0.165. The molecule has 0 atom stereocenters. The third-order valence-corrected chi connectivity index (χ3v) is 7.71. The predicted octanol–water partition coefficient (Wildman–Crippen LogP) is 13.7. The van der Waals surface area contributed by atoms with Crippen molar-refractivity contribution >= 4 is 23.2 Å². The first-order chi connectivity index (χ1) is 28.2. The second-order valence-corrected chi connectivity index (χ2v) is 12.4. The van der Waals surface area contributed by atoms with Crippen molar-refractivity contribution in [1.29, 1.82) is 0 Å². The largest absolute Gasteiger partial charge is 0.508 e. The van der Waals surface area contributed by atoms with Gasteiger partial charge in [-0.25, -0.2) is 28.7 Å². The molecule has 2 heterocycles. The Morgan fingerprint density at radius 3 is 1.18 bits per heavy atom. The number of benzene rings is 4. The molecule has 0 bridgehead atoms. The molecule has 0 unspecified atom stereocenters. The number of rotatable bonds is 6. The van der Waals surface area contributed by atoms with E-state index in [-0.39, 0.29) is 34.9 Å².